The summed E-state index contributed by atoms with van der Waals surface area (Å²) < 4.78 is 0. The molecular formula is C12H13NO. The lowest BCUT2D eigenvalue weighted by atomic mass is 10.0. The Morgan fingerprint density at radius 2 is 2.21 bits per heavy atom. The largest absolute Gasteiger partial charge is 0.516 e. The lowest BCUT2D eigenvalue weighted by molar-refractivity contribution is 0.397. The van der Waals surface area contributed by atoms with Gasteiger partial charge in [0.15, 0.2) is 0 Å². The average molecular weight is 187 g/mol. The van der Waals surface area contributed by atoms with E-state index in [1.807, 2.05) is 6.07 Å². The third kappa shape index (κ3) is 1.79. The smallest absolute Gasteiger partial charge is 0.0769 e. The Balaban J connectivity index is 2.13. The zero-order valence-electron chi connectivity index (χ0n) is 7.93. The van der Waals surface area contributed by atoms with Gasteiger partial charge < -0.3 is 10.0 Å². The van der Waals surface area contributed by atoms with Crippen molar-refractivity contribution in [2.24, 2.45) is 0 Å². The van der Waals surface area contributed by atoms with Gasteiger partial charge in [-0.25, -0.2) is 0 Å². The van der Waals surface area contributed by atoms with Crippen molar-refractivity contribution in [2.75, 3.05) is 6.54 Å². The second kappa shape index (κ2) is 4.01. The van der Waals surface area contributed by atoms with Gasteiger partial charge in [0.1, 0.15) is 0 Å². The molecule has 1 aromatic rings. The van der Waals surface area contributed by atoms with Crippen LogP contribution in [0.1, 0.15) is 11.1 Å². The molecule has 1 aliphatic heterocycles. The highest BCUT2D eigenvalue weighted by Crippen LogP contribution is 2.18. The quantitative estimate of drug-likeness (QED) is 0.719. The predicted molar refractivity (Wildman–Crippen MR) is 57.7 cm³/mol. The lowest BCUT2D eigenvalue weighted by Crippen LogP contribution is -2.19. The first kappa shape index (κ1) is 8.88. The third-order valence-electron chi connectivity index (χ3n) is 2.34. The van der Waals surface area contributed by atoms with Gasteiger partial charge in [-0.1, -0.05) is 24.3 Å². The fourth-order valence-corrected chi connectivity index (χ4v) is 1.61. The molecule has 0 fully saturated rings. The molecule has 2 heteroatoms. The summed E-state index contributed by atoms with van der Waals surface area (Å²) in [6.45, 7) is 1.67. The molecule has 0 amide bonds. The van der Waals surface area contributed by atoms with Crippen LogP contribution in [-0.4, -0.2) is 16.6 Å². The minimum absolute atomic E-state index is 0.751. The number of fused-ring (bicyclic) bond motifs is 1. The Bertz CT molecular complexity index is 368. The second-order valence-corrected chi connectivity index (χ2v) is 3.33. The van der Waals surface area contributed by atoms with Crippen molar-refractivity contribution in [3.63, 3.8) is 0 Å². The summed E-state index contributed by atoms with van der Waals surface area (Å²) in [5.41, 5.74) is 2.62. The molecule has 0 spiro atoms. The Morgan fingerprint density at radius 1 is 1.36 bits per heavy atom. The Kier molecular flexibility index (Phi) is 2.54. The van der Waals surface area contributed by atoms with E-state index in [-0.39, 0.29) is 0 Å². The molecule has 14 heavy (non-hydrogen) atoms. The fraction of sp³-hybridized carbons (Fsp3) is 0.167. The van der Waals surface area contributed by atoms with Crippen molar-refractivity contribution in [3.05, 3.63) is 53.9 Å². The van der Waals surface area contributed by atoms with Crippen LogP contribution in [0.25, 0.3) is 6.08 Å². The molecule has 1 N–H and O–H groups in total. The van der Waals surface area contributed by atoms with Gasteiger partial charge in [0.25, 0.3) is 0 Å². The topological polar surface area (TPSA) is 23.5 Å². The van der Waals surface area contributed by atoms with Gasteiger partial charge in [-0.3, -0.25) is 0 Å². The summed E-state index contributed by atoms with van der Waals surface area (Å²) in [6.07, 6.45) is 6.99. The maximum Gasteiger partial charge on any atom is 0.0769 e. The van der Waals surface area contributed by atoms with E-state index in [1.54, 1.807) is 6.08 Å². The Labute approximate surface area is 83.8 Å². The van der Waals surface area contributed by atoms with Crippen LogP contribution in [0.5, 0.6) is 0 Å². The molecule has 0 saturated heterocycles. The van der Waals surface area contributed by atoms with Crippen LogP contribution in [0.4, 0.5) is 0 Å². The van der Waals surface area contributed by atoms with E-state index in [2.05, 4.69) is 35.4 Å². The number of benzene rings is 1. The molecule has 0 aliphatic carbocycles. The predicted octanol–water partition coefficient (Wildman–Crippen LogP) is 2.54. The molecule has 72 valence electrons. The molecule has 0 aromatic heterocycles. The zero-order chi connectivity index (χ0) is 9.80. The number of hydrogen-bond donors (Lipinski definition) is 1. The fourth-order valence-electron chi connectivity index (χ4n) is 1.61. The Morgan fingerprint density at radius 3 is 3.07 bits per heavy atom. The van der Waals surface area contributed by atoms with Crippen LogP contribution in [0, 0.1) is 0 Å². The van der Waals surface area contributed by atoms with Crippen LogP contribution in [-0.2, 0) is 6.54 Å². The molecular weight excluding hydrogens is 174 g/mol. The number of aliphatic hydroxyl groups is 1. The van der Waals surface area contributed by atoms with Crippen LogP contribution in [0.3, 0.4) is 0 Å². The first-order valence-corrected chi connectivity index (χ1v) is 4.69. The van der Waals surface area contributed by atoms with Gasteiger partial charge >= 0.3 is 0 Å². The van der Waals surface area contributed by atoms with Crippen molar-refractivity contribution >= 4 is 6.08 Å². The van der Waals surface area contributed by atoms with E-state index in [0.29, 0.717) is 0 Å². The maximum atomic E-state index is 8.56. The first-order valence-electron chi connectivity index (χ1n) is 4.69. The molecule has 0 bridgehead atoms. The van der Waals surface area contributed by atoms with E-state index in [0.717, 1.165) is 19.4 Å². The summed E-state index contributed by atoms with van der Waals surface area (Å²) in [7, 11) is 0. The highest BCUT2D eigenvalue weighted by atomic mass is 16.2. The highest BCUT2D eigenvalue weighted by Gasteiger charge is 2.07. The van der Waals surface area contributed by atoms with E-state index >= 15 is 0 Å². The SMILES string of the molecule is OC=CCN1C=Cc2ccccc2C1. The summed E-state index contributed by atoms with van der Waals surface area (Å²) >= 11 is 0. The van der Waals surface area contributed by atoms with Crippen LogP contribution in [0.2, 0.25) is 0 Å². The molecule has 1 heterocycles. The summed E-state index contributed by atoms with van der Waals surface area (Å²) in [5.74, 6) is 0. The maximum absolute atomic E-state index is 8.56. The van der Waals surface area contributed by atoms with E-state index in [1.165, 1.54) is 11.1 Å². The van der Waals surface area contributed by atoms with Gasteiger partial charge in [0.2, 0.25) is 0 Å². The number of hydrogen-bond acceptors (Lipinski definition) is 2. The van der Waals surface area contributed by atoms with Gasteiger partial charge in [0, 0.05) is 19.3 Å². The second-order valence-electron chi connectivity index (χ2n) is 3.33. The summed E-state index contributed by atoms with van der Waals surface area (Å²) in [5, 5.41) is 8.56. The molecule has 2 nitrogen and oxygen atoms in total. The highest BCUT2D eigenvalue weighted by molar-refractivity contribution is 5.55. The van der Waals surface area contributed by atoms with Crippen LogP contribution in [0.15, 0.2) is 42.8 Å². The summed E-state index contributed by atoms with van der Waals surface area (Å²) in [6, 6.07) is 8.35. The van der Waals surface area contributed by atoms with E-state index in [4.69, 9.17) is 5.11 Å². The monoisotopic (exact) mass is 187 g/mol. The van der Waals surface area contributed by atoms with Crippen molar-refractivity contribution in [1.82, 2.24) is 4.90 Å². The first-order chi connectivity index (χ1) is 6.90. The number of nitrogens with zero attached hydrogens (tertiary/aromatic N) is 1. The van der Waals surface area contributed by atoms with E-state index < -0.39 is 0 Å². The van der Waals surface area contributed by atoms with Crippen molar-refractivity contribution in [1.29, 1.82) is 0 Å². The molecule has 0 unspecified atom stereocenters. The summed E-state index contributed by atoms with van der Waals surface area (Å²) in [4.78, 5) is 2.15. The molecule has 0 saturated carbocycles. The Hall–Kier alpha value is -1.70. The van der Waals surface area contributed by atoms with Crippen molar-refractivity contribution < 1.29 is 5.11 Å². The number of rotatable bonds is 2. The standard InChI is InChI=1S/C12H13NO/c14-9-3-7-13-8-6-11-4-1-2-5-12(11)10-13/h1-6,8-9,14H,7,10H2. The molecule has 2 rings (SSSR count). The van der Waals surface area contributed by atoms with Gasteiger partial charge in [0.05, 0.1) is 6.26 Å². The van der Waals surface area contributed by atoms with Gasteiger partial charge in [-0.15, -0.1) is 0 Å². The normalized spacial score (nSPS) is 14.7. The number of aliphatic hydroxyl groups excluding tert-OH is 1. The molecule has 1 aliphatic rings. The van der Waals surface area contributed by atoms with Crippen LogP contribution >= 0.6 is 0 Å². The average Bonchev–Trinajstić information content (AvgIpc) is 2.26. The van der Waals surface area contributed by atoms with Crippen molar-refractivity contribution in [2.45, 2.75) is 6.54 Å². The minimum atomic E-state index is 0.751. The van der Waals surface area contributed by atoms with Crippen LogP contribution < -0.4 is 0 Å². The third-order valence-corrected chi connectivity index (χ3v) is 2.34. The van der Waals surface area contributed by atoms with Gasteiger partial charge in [-0.05, 0) is 23.3 Å². The molecule has 0 atom stereocenters. The van der Waals surface area contributed by atoms with Gasteiger partial charge in [-0.2, -0.15) is 0 Å². The van der Waals surface area contributed by atoms with E-state index in [9.17, 15) is 0 Å². The molecule has 1 aromatic carbocycles. The lowest BCUT2D eigenvalue weighted by Gasteiger charge is -2.23. The zero-order valence-corrected chi connectivity index (χ0v) is 7.93. The van der Waals surface area contributed by atoms with Crippen molar-refractivity contribution in [3.8, 4) is 0 Å². The molecule has 0 radical (unpaired) electrons. The minimum Gasteiger partial charge on any atom is -0.516 e.